The molecule has 3 aromatic carbocycles. The third-order valence-electron chi connectivity index (χ3n) is 5.87. The van der Waals surface area contributed by atoms with Crippen molar-refractivity contribution in [2.24, 2.45) is 0 Å². The number of sulfonamides is 1. The first-order chi connectivity index (χ1) is 18.6. The Hall–Kier alpha value is -4.12. The Morgan fingerprint density at radius 2 is 1.64 bits per heavy atom. The molecule has 0 radical (unpaired) electrons. The first-order valence-corrected chi connectivity index (χ1v) is 14.1. The van der Waals surface area contributed by atoms with Crippen LogP contribution in [0.5, 0.6) is 11.5 Å². The third-order valence-corrected chi connectivity index (χ3v) is 7.07. The molecule has 3 aromatic rings. The van der Waals surface area contributed by atoms with Gasteiger partial charge in [-0.2, -0.15) is 0 Å². The van der Waals surface area contributed by atoms with E-state index < -0.39 is 15.8 Å². The summed E-state index contributed by atoms with van der Waals surface area (Å²) in [5.41, 5.74) is 1.93. The van der Waals surface area contributed by atoms with Crippen molar-refractivity contribution in [2.75, 3.05) is 43.2 Å². The Kier molecular flexibility index (Phi) is 10.3. The van der Waals surface area contributed by atoms with E-state index in [1.165, 1.54) is 24.3 Å². The van der Waals surface area contributed by atoms with Gasteiger partial charge in [0.25, 0.3) is 5.91 Å². The quantitative estimate of drug-likeness (QED) is 0.328. The van der Waals surface area contributed by atoms with E-state index >= 15 is 0 Å². The number of methoxy groups -OCH3 is 2. The Morgan fingerprint density at radius 1 is 0.949 bits per heavy atom. The fourth-order valence-electron chi connectivity index (χ4n) is 3.93. The number of anilines is 2. The van der Waals surface area contributed by atoms with Gasteiger partial charge < -0.3 is 20.1 Å². The third kappa shape index (κ3) is 8.44. The first-order valence-electron chi connectivity index (χ1n) is 12.2. The van der Waals surface area contributed by atoms with E-state index in [1.807, 2.05) is 12.1 Å². The molecule has 0 aliphatic heterocycles. The van der Waals surface area contributed by atoms with Crippen LogP contribution >= 0.6 is 0 Å². The SMILES string of the molecule is COc1ccc(CCNC(=O)c2ccccc2NC(=O)CCCN(c2ccc(F)cc2)S(C)(=O)=O)cc1OC. The normalized spacial score (nSPS) is 11.0. The first kappa shape index (κ1) is 29.4. The summed E-state index contributed by atoms with van der Waals surface area (Å²) in [6.45, 7) is 0.400. The average molecular weight is 558 g/mol. The van der Waals surface area contributed by atoms with Crippen LogP contribution in [0.1, 0.15) is 28.8 Å². The molecule has 2 amide bonds. The molecule has 0 bridgehead atoms. The van der Waals surface area contributed by atoms with Crippen molar-refractivity contribution in [3.8, 4) is 11.5 Å². The van der Waals surface area contributed by atoms with Gasteiger partial charge in [0.15, 0.2) is 11.5 Å². The van der Waals surface area contributed by atoms with Gasteiger partial charge in [-0.1, -0.05) is 18.2 Å². The molecule has 0 saturated heterocycles. The van der Waals surface area contributed by atoms with Crippen molar-refractivity contribution >= 4 is 33.2 Å². The van der Waals surface area contributed by atoms with Crippen molar-refractivity contribution in [3.05, 3.63) is 83.7 Å². The molecule has 208 valence electrons. The molecule has 3 rings (SSSR count). The van der Waals surface area contributed by atoms with Crippen molar-refractivity contribution in [3.63, 3.8) is 0 Å². The van der Waals surface area contributed by atoms with Gasteiger partial charge in [0.05, 0.1) is 37.4 Å². The zero-order valence-electron chi connectivity index (χ0n) is 22.1. The van der Waals surface area contributed by atoms with Crippen LogP contribution in [0.3, 0.4) is 0 Å². The van der Waals surface area contributed by atoms with Gasteiger partial charge in [0.2, 0.25) is 15.9 Å². The number of hydrogen-bond donors (Lipinski definition) is 2. The molecular formula is C28H32FN3O6S. The summed E-state index contributed by atoms with van der Waals surface area (Å²) in [7, 11) is -0.510. The Morgan fingerprint density at radius 3 is 2.31 bits per heavy atom. The largest absolute Gasteiger partial charge is 0.493 e. The fraction of sp³-hybridized carbons (Fsp3) is 0.286. The lowest BCUT2D eigenvalue weighted by atomic mass is 10.1. The lowest BCUT2D eigenvalue weighted by molar-refractivity contribution is -0.116. The number of ether oxygens (including phenoxy) is 2. The van der Waals surface area contributed by atoms with Crippen LogP contribution in [0, 0.1) is 5.82 Å². The number of benzene rings is 3. The smallest absolute Gasteiger partial charge is 0.253 e. The number of hydrogen-bond acceptors (Lipinski definition) is 6. The van der Waals surface area contributed by atoms with Crippen LogP contribution < -0.4 is 24.4 Å². The number of carbonyl (C=O) groups excluding carboxylic acids is 2. The number of rotatable bonds is 13. The van der Waals surface area contributed by atoms with Gasteiger partial charge in [-0.3, -0.25) is 13.9 Å². The highest BCUT2D eigenvalue weighted by Crippen LogP contribution is 2.27. The summed E-state index contributed by atoms with van der Waals surface area (Å²) < 4.78 is 49.4. The molecule has 0 spiro atoms. The van der Waals surface area contributed by atoms with Gasteiger partial charge in [-0.15, -0.1) is 0 Å². The molecule has 0 heterocycles. The number of nitrogens with zero attached hydrogens (tertiary/aromatic N) is 1. The highest BCUT2D eigenvalue weighted by molar-refractivity contribution is 7.92. The van der Waals surface area contributed by atoms with Gasteiger partial charge in [0.1, 0.15) is 5.82 Å². The molecule has 39 heavy (non-hydrogen) atoms. The summed E-state index contributed by atoms with van der Waals surface area (Å²) in [6, 6.07) is 17.3. The number of amides is 2. The van der Waals surface area contributed by atoms with Crippen LogP contribution in [0.15, 0.2) is 66.7 Å². The van der Waals surface area contributed by atoms with E-state index in [1.54, 1.807) is 44.6 Å². The molecular weight excluding hydrogens is 525 g/mol. The second-order valence-corrected chi connectivity index (χ2v) is 10.6. The molecule has 0 aromatic heterocycles. The Bertz CT molecular complexity index is 1400. The second-order valence-electron chi connectivity index (χ2n) is 8.70. The van der Waals surface area contributed by atoms with Crippen LogP contribution in [-0.2, 0) is 21.2 Å². The van der Waals surface area contributed by atoms with Crippen LogP contribution in [0.4, 0.5) is 15.8 Å². The summed E-state index contributed by atoms with van der Waals surface area (Å²) in [5.74, 6) is 0.0375. The number of nitrogens with one attached hydrogen (secondary N) is 2. The molecule has 0 atom stereocenters. The summed E-state index contributed by atoms with van der Waals surface area (Å²) in [5, 5.41) is 5.60. The van der Waals surface area contributed by atoms with Gasteiger partial charge in [-0.05, 0) is 66.9 Å². The summed E-state index contributed by atoms with van der Waals surface area (Å²) >= 11 is 0. The maximum absolute atomic E-state index is 13.2. The monoisotopic (exact) mass is 557 g/mol. The highest BCUT2D eigenvalue weighted by atomic mass is 32.2. The number of para-hydroxylation sites is 1. The molecule has 0 saturated carbocycles. The minimum Gasteiger partial charge on any atom is -0.493 e. The standard InChI is InChI=1S/C28H32FN3O6S/c1-37-25-15-10-20(19-26(25)38-2)16-17-30-28(34)23-7-4-5-8-24(23)31-27(33)9-6-18-32(39(3,35)36)22-13-11-21(29)12-14-22/h4-5,7-8,10-15,19H,6,9,16-18H2,1-3H3,(H,30,34)(H,31,33). The van der Waals surface area contributed by atoms with E-state index in [0.717, 1.165) is 16.1 Å². The Labute approximate surface area is 228 Å². The molecule has 2 N–H and O–H groups in total. The van der Waals surface area contributed by atoms with E-state index in [4.69, 9.17) is 9.47 Å². The van der Waals surface area contributed by atoms with Crippen LogP contribution in [0.2, 0.25) is 0 Å². The van der Waals surface area contributed by atoms with Crippen molar-refractivity contribution < 1.29 is 31.9 Å². The predicted octanol–water partition coefficient (Wildman–Crippen LogP) is 4.00. The van der Waals surface area contributed by atoms with Crippen molar-refractivity contribution in [1.29, 1.82) is 0 Å². The lowest BCUT2D eigenvalue weighted by Gasteiger charge is -2.22. The molecule has 0 fully saturated rings. The minimum absolute atomic E-state index is 0.0163. The number of halogens is 1. The van der Waals surface area contributed by atoms with Crippen molar-refractivity contribution in [2.45, 2.75) is 19.3 Å². The molecule has 0 aliphatic carbocycles. The highest BCUT2D eigenvalue weighted by Gasteiger charge is 2.18. The van der Waals surface area contributed by atoms with Gasteiger partial charge >= 0.3 is 0 Å². The van der Waals surface area contributed by atoms with E-state index in [-0.39, 0.29) is 31.2 Å². The van der Waals surface area contributed by atoms with E-state index in [9.17, 15) is 22.4 Å². The molecule has 9 nitrogen and oxygen atoms in total. The number of carbonyl (C=O) groups is 2. The fourth-order valence-corrected chi connectivity index (χ4v) is 4.90. The topological polar surface area (TPSA) is 114 Å². The Balaban J connectivity index is 1.55. The van der Waals surface area contributed by atoms with E-state index in [0.29, 0.717) is 41.4 Å². The summed E-state index contributed by atoms with van der Waals surface area (Å²) in [6.07, 6.45) is 1.85. The molecule has 0 aliphatic rings. The zero-order valence-corrected chi connectivity index (χ0v) is 22.9. The average Bonchev–Trinajstić information content (AvgIpc) is 2.91. The lowest BCUT2D eigenvalue weighted by Crippen LogP contribution is -2.31. The molecule has 0 unspecified atom stereocenters. The predicted molar refractivity (Wildman–Crippen MR) is 148 cm³/mol. The van der Waals surface area contributed by atoms with Gasteiger partial charge in [-0.25, -0.2) is 12.8 Å². The maximum atomic E-state index is 13.2. The van der Waals surface area contributed by atoms with Crippen LogP contribution in [0.25, 0.3) is 0 Å². The molecule has 11 heteroatoms. The zero-order chi connectivity index (χ0) is 28.4. The maximum Gasteiger partial charge on any atom is 0.253 e. The van der Waals surface area contributed by atoms with E-state index in [2.05, 4.69) is 10.6 Å². The van der Waals surface area contributed by atoms with Crippen LogP contribution in [-0.4, -0.2) is 53.8 Å². The second kappa shape index (κ2) is 13.6. The summed E-state index contributed by atoms with van der Waals surface area (Å²) in [4.78, 5) is 25.5. The minimum atomic E-state index is -3.63. The van der Waals surface area contributed by atoms with Crippen molar-refractivity contribution in [1.82, 2.24) is 5.32 Å². The van der Waals surface area contributed by atoms with Gasteiger partial charge in [0, 0.05) is 19.5 Å².